The Morgan fingerprint density at radius 1 is 1.40 bits per heavy atom. The fraction of sp³-hybridized carbons (Fsp3) is 0.333. The van der Waals surface area contributed by atoms with Gasteiger partial charge in [0.25, 0.3) is 0 Å². The van der Waals surface area contributed by atoms with Crippen molar-refractivity contribution in [1.29, 1.82) is 0 Å². The van der Waals surface area contributed by atoms with Crippen LogP contribution in [0.15, 0.2) is 41.5 Å². The van der Waals surface area contributed by atoms with Crippen molar-refractivity contribution in [3.8, 4) is 5.75 Å². The summed E-state index contributed by atoms with van der Waals surface area (Å²) < 4.78 is 0.758. The molecule has 3 heterocycles. The fourth-order valence-electron chi connectivity index (χ4n) is 3.47. The monoisotopic (exact) mass is 485 g/mol. The second kappa shape index (κ2) is 6.96. The molecule has 0 aliphatic carbocycles. The summed E-state index contributed by atoms with van der Waals surface area (Å²) in [5.41, 5.74) is 2.03. The molecule has 1 aromatic heterocycles. The normalized spacial score (nSPS) is 25.2. The number of phenolic OH excluding ortho intramolecular Hbond substituents is 1. The summed E-state index contributed by atoms with van der Waals surface area (Å²) in [6.45, 7) is 2.22. The first-order valence-electron chi connectivity index (χ1n) is 8.18. The van der Waals surface area contributed by atoms with Crippen molar-refractivity contribution in [3.05, 3.63) is 56.4 Å². The van der Waals surface area contributed by atoms with E-state index in [0.717, 1.165) is 32.2 Å². The summed E-state index contributed by atoms with van der Waals surface area (Å²) in [6, 6.07) is 10.3. The van der Waals surface area contributed by atoms with E-state index < -0.39 is 0 Å². The highest BCUT2D eigenvalue weighted by Gasteiger charge is 2.45. The Balaban J connectivity index is 1.83. The van der Waals surface area contributed by atoms with Gasteiger partial charge in [-0.25, -0.2) is 0 Å². The molecule has 4 rings (SSSR count). The molecule has 3 atom stereocenters. The Morgan fingerprint density at radius 3 is 2.92 bits per heavy atom. The molecule has 1 saturated heterocycles. The van der Waals surface area contributed by atoms with Crippen LogP contribution in [-0.4, -0.2) is 32.0 Å². The first kappa shape index (κ1) is 17.4. The van der Waals surface area contributed by atoms with E-state index in [-0.39, 0.29) is 17.8 Å². The third-order valence-corrected chi connectivity index (χ3v) is 6.95. The number of halogens is 2. The molecule has 2 aliphatic rings. The number of thioether (sulfide) groups is 1. The summed E-state index contributed by atoms with van der Waals surface area (Å²) in [5.74, 6) is 1.20. The Morgan fingerprint density at radius 2 is 2.24 bits per heavy atom. The van der Waals surface area contributed by atoms with Crippen molar-refractivity contribution in [2.24, 2.45) is 4.99 Å². The van der Waals surface area contributed by atoms with E-state index in [9.17, 15) is 5.11 Å². The van der Waals surface area contributed by atoms with Crippen molar-refractivity contribution in [2.45, 2.75) is 31.5 Å². The summed E-state index contributed by atoms with van der Waals surface area (Å²) >= 11 is 10.2. The van der Waals surface area contributed by atoms with Crippen LogP contribution in [0, 0.1) is 3.57 Å². The Bertz CT molecular complexity index is 809. The minimum atomic E-state index is -0.0607. The molecule has 0 spiro atoms. The van der Waals surface area contributed by atoms with E-state index in [1.807, 2.05) is 48.3 Å². The molecular weight excluding hydrogens is 469 g/mol. The number of amidine groups is 1. The molecule has 1 N–H and O–H groups in total. The first-order valence-corrected chi connectivity index (χ1v) is 10.6. The summed E-state index contributed by atoms with van der Waals surface area (Å²) in [7, 11) is 0. The van der Waals surface area contributed by atoms with Crippen LogP contribution in [-0.2, 0) is 0 Å². The standard InChI is InChI=1S/C18H17ClIN3OS/c1-2-11-9-25-18-22-15(14-5-3-4-6-21-14)16(23(11)18)10-7-12(19)17(24)13(20)8-10/h3-8,11,15-16,24H,2,9H2,1H3/t11-,15+,16-/m1/s1. The van der Waals surface area contributed by atoms with Crippen LogP contribution in [0.25, 0.3) is 0 Å². The minimum Gasteiger partial charge on any atom is -0.505 e. The van der Waals surface area contributed by atoms with E-state index in [0.29, 0.717) is 11.1 Å². The predicted octanol–water partition coefficient (Wildman–Crippen LogP) is 5.02. The van der Waals surface area contributed by atoms with Crippen molar-refractivity contribution < 1.29 is 5.11 Å². The topological polar surface area (TPSA) is 48.7 Å². The van der Waals surface area contributed by atoms with Gasteiger partial charge in [-0.15, -0.1) is 0 Å². The molecular formula is C18H17ClIN3OS. The Labute approximate surface area is 169 Å². The van der Waals surface area contributed by atoms with Crippen LogP contribution in [0.3, 0.4) is 0 Å². The third kappa shape index (κ3) is 3.02. The van der Waals surface area contributed by atoms with Gasteiger partial charge < -0.3 is 10.0 Å². The minimum absolute atomic E-state index is 0.0523. The van der Waals surface area contributed by atoms with Crippen LogP contribution in [0.4, 0.5) is 0 Å². The number of nitrogens with zero attached hydrogens (tertiary/aromatic N) is 3. The van der Waals surface area contributed by atoms with Crippen molar-refractivity contribution in [3.63, 3.8) is 0 Å². The summed E-state index contributed by atoms with van der Waals surface area (Å²) in [5, 5.41) is 11.5. The number of aromatic nitrogens is 1. The molecule has 0 amide bonds. The average Bonchev–Trinajstić information content (AvgIpc) is 3.18. The van der Waals surface area contributed by atoms with Gasteiger partial charge in [0.2, 0.25) is 0 Å². The van der Waals surface area contributed by atoms with Crippen LogP contribution in [0.5, 0.6) is 5.75 Å². The number of aromatic hydroxyl groups is 1. The number of hydrogen-bond acceptors (Lipinski definition) is 5. The van der Waals surface area contributed by atoms with Crippen LogP contribution in [0.1, 0.15) is 36.7 Å². The van der Waals surface area contributed by atoms with Crippen LogP contribution >= 0.6 is 46.0 Å². The SMILES string of the molecule is CC[C@@H]1CSC2=N[C@@H](c3ccccn3)[C@@H](c3cc(Cl)c(O)c(I)c3)N21. The zero-order valence-electron chi connectivity index (χ0n) is 13.6. The Hall–Kier alpha value is -0.990. The molecule has 2 aliphatic heterocycles. The van der Waals surface area contributed by atoms with Gasteiger partial charge >= 0.3 is 0 Å². The lowest BCUT2D eigenvalue weighted by atomic mass is 9.95. The third-order valence-electron chi connectivity index (χ3n) is 4.71. The quantitative estimate of drug-likeness (QED) is 0.620. The number of hydrogen-bond donors (Lipinski definition) is 1. The maximum absolute atomic E-state index is 10.0. The van der Waals surface area contributed by atoms with Gasteiger partial charge in [-0.3, -0.25) is 9.98 Å². The molecule has 1 aromatic carbocycles. The fourth-order valence-corrected chi connectivity index (χ4v) is 5.84. The lowest BCUT2D eigenvalue weighted by Gasteiger charge is -2.32. The van der Waals surface area contributed by atoms with Gasteiger partial charge in [-0.05, 0) is 58.8 Å². The maximum Gasteiger partial charge on any atom is 0.160 e. The molecule has 0 radical (unpaired) electrons. The lowest BCUT2D eigenvalue weighted by molar-refractivity contribution is 0.255. The largest absolute Gasteiger partial charge is 0.505 e. The second-order valence-corrected chi connectivity index (χ2v) is 8.73. The van der Waals surface area contributed by atoms with E-state index in [1.54, 1.807) is 0 Å². The smallest absolute Gasteiger partial charge is 0.160 e. The summed E-state index contributed by atoms with van der Waals surface area (Å²) in [4.78, 5) is 12.0. The van der Waals surface area contributed by atoms with E-state index in [2.05, 4.69) is 39.4 Å². The number of benzene rings is 1. The molecule has 0 unspecified atom stereocenters. The van der Waals surface area contributed by atoms with Crippen molar-refractivity contribution in [2.75, 3.05) is 5.75 Å². The highest BCUT2D eigenvalue weighted by Crippen LogP contribution is 2.49. The molecule has 0 saturated carbocycles. The van der Waals surface area contributed by atoms with E-state index in [1.165, 1.54) is 0 Å². The zero-order valence-corrected chi connectivity index (χ0v) is 17.3. The molecule has 25 heavy (non-hydrogen) atoms. The maximum atomic E-state index is 10.0. The number of phenols is 1. The second-order valence-electron chi connectivity index (χ2n) is 6.17. The zero-order chi connectivity index (χ0) is 17.6. The van der Waals surface area contributed by atoms with Crippen molar-refractivity contribution >= 4 is 51.1 Å². The van der Waals surface area contributed by atoms with Crippen molar-refractivity contribution in [1.82, 2.24) is 9.88 Å². The Kier molecular flexibility index (Phi) is 4.85. The number of rotatable bonds is 3. The highest BCUT2D eigenvalue weighted by atomic mass is 127. The molecule has 4 nitrogen and oxygen atoms in total. The number of pyridine rings is 1. The lowest BCUT2D eigenvalue weighted by Crippen LogP contribution is -2.35. The first-order chi connectivity index (χ1) is 12.1. The summed E-state index contributed by atoms with van der Waals surface area (Å²) in [6.07, 6.45) is 2.88. The van der Waals surface area contributed by atoms with Gasteiger partial charge in [0.1, 0.15) is 11.8 Å². The van der Waals surface area contributed by atoms with Gasteiger partial charge in [-0.2, -0.15) is 0 Å². The van der Waals surface area contributed by atoms with Crippen LogP contribution in [0.2, 0.25) is 5.02 Å². The molecule has 2 aromatic rings. The van der Waals surface area contributed by atoms with E-state index >= 15 is 0 Å². The van der Waals surface area contributed by atoms with Gasteiger partial charge in [0, 0.05) is 18.0 Å². The van der Waals surface area contributed by atoms with Crippen LogP contribution < -0.4 is 0 Å². The highest BCUT2D eigenvalue weighted by molar-refractivity contribution is 14.1. The average molecular weight is 486 g/mol. The van der Waals surface area contributed by atoms with Gasteiger partial charge in [-0.1, -0.05) is 36.4 Å². The van der Waals surface area contributed by atoms with Gasteiger partial charge in [0.15, 0.2) is 5.17 Å². The predicted molar refractivity (Wildman–Crippen MR) is 111 cm³/mol. The van der Waals surface area contributed by atoms with Gasteiger partial charge in [0.05, 0.1) is 20.3 Å². The molecule has 130 valence electrons. The van der Waals surface area contributed by atoms with E-state index in [4.69, 9.17) is 16.6 Å². The number of fused-ring (bicyclic) bond motifs is 1. The number of aliphatic imine (C=N–C) groups is 1. The molecule has 1 fully saturated rings. The molecule has 7 heteroatoms. The molecule has 0 bridgehead atoms.